The van der Waals surface area contributed by atoms with Crippen molar-refractivity contribution in [3.05, 3.63) is 15.4 Å². The Morgan fingerprint density at radius 1 is 1.50 bits per heavy atom. The standard InChI is InChI=1S/C11H16N2O5S2/c1-6-5-8(9(14)15)3-4-13(6)20(17,18)10-7(2)12-11(16)19-10/h6,8H,3-5H2,1-2H3,(H,12,16)(H,14,15). The van der Waals surface area contributed by atoms with E-state index in [0.29, 0.717) is 17.0 Å². The second-order valence-corrected chi connectivity index (χ2v) is 8.02. The maximum absolute atomic E-state index is 12.5. The third-order valence-electron chi connectivity index (χ3n) is 3.49. The van der Waals surface area contributed by atoms with Gasteiger partial charge in [0.2, 0.25) is 0 Å². The maximum Gasteiger partial charge on any atom is 0.306 e. The summed E-state index contributed by atoms with van der Waals surface area (Å²) >= 11 is 0.667. The van der Waals surface area contributed by atoms with Crippen molar-refractivity contribution >= 4 is 27.3 Å². The van der Waals surface area contributed by atoms with Crippen LogP contribution in [0.1, 0.15) is 25.5 Å². The molecule has 20 heavy (non-hydrogen) atoms. The number of aliphatic carboxylic acids is 1. The molecule has 0 spiro atoms. The molecule has 1 aromatic heterocycles. The zero-order chi connectivity index (χ0) is 15.1. The van der Waals surface area contributed by atoms with Gasteiger partial charge in [-0.3, -0.25) is 9.59 Å². The molecule has 1 aliphatic heterocycles. The number of nitrogens with zero attached hydrogens (tertiary/aromatic N) is 1. The quantitative estimate of drug-likeness (QED) is 0.849. The number of carboxylic acids is 1. The molecule has 2 heterocycles. The Morgan fingerprint density at radius 2 is 2.15 bits per heavy atom. The van der Waals surface area contributed by atoms with Gasteiger partial charge in [-0.2, -0.15) is 4.31 Å². The van der Waals surface area contributed by atoms with Crippen LogP contribution in [-0.4, -0.2) is 41.4 Å². The number of aromatic nitrogens is 1. The first-order valence-corrected chi connectivity index (χ1v) is 8.43. The fraction of sp³-hybridized carbons (Fsp3) is 0.636. The zero-order valence-electron chi connectivity index (χ0n) is 11.1. The predicted molar refractivity (Wildman–Crippen MR) is 73.4 cm³/mol. The van der Waals surface area contributed by atoms with Crippen LogP contribution in [0.2, 0.25) is 0 Å². The molecule has 2 N–H and O–H groups in total. The molecule has 0 aromatic carbocycles. The number of hydrogen-bond donors (Lipinski definition) is 2. The molecular weight excluding hydrogens is 304 g/mol. The van der Waals surface area contributed by atoms with E-state index in [2.05, 4.69) is 4.98 Å². The molecule has 112 valence electrons. The van der Waals surface area contributed by atoms with E-state index < -0.39 is 32.8 Å². The lowest BCUT2D eigenvalue weighted by atomic mass is 9.93. The number of sulfonamides is 1. The SMILES string of the molecule is Cc1[nH]c(=O)sc1S(=O)(=O)N1CCC(C(=O)O)CC1C. The number of nitrogens with one attached hydrogen (secondary N) is 1. The first-order chi connectivity index (χ1) is 9.23. The van der Waals surface area contributed by atoms with E-state index >= 15 is 0 Å². The van der Waals surface area contributed by atoms with Gasteiger partial charge in [-0.05, 0) is 26.7 Å². The lowest BCUT2D eigenvalue weighted by Crippen LogP contribution is -2.45. The monoisotopic (exact) mass is 320 g/mol. The van der Waals surface area contributed by atoms with Crippen LogP contribution >= 0.6 is 11.3 Å². The molecule has 0 radical (unpaired) electrons. The summed E-state index contributed by atoms with van der Waals surface area (Å²) < 4.78 is 26.4. The highest BCUT2D eigenvalue weighted by molar-refractivity contribution is 7.91. The fourth-order valence-electron chi connectivity index (χ4n) is 2.48. The van der Waals surface area contributed by atoms with Gasteiger partial charge in [0, 0.05) is 18.3 Å². The average Bonchev–Trinajstić information content (AvgIpc) is 2.68. The van der Waals surface area contributed by atoms with Crippen LogP contribution in [0.3, 0.4) is 0 Å². The molecule has 1 fully saturated rings. The highest BCUT2D eigenvalue weighted by Gasteiger charge is 2.38. The van der Waals surface area contributed by atoms with Crippen molar-refractivity contribution in [3.8, 4) is 0 Å². The summed E-state index contributed by atoms with van der Waals surface area (Å²) in [5.74, 6) is -1.40. The largest absolute Gasteiger partial charge is 0.481 e. The van der Waals surface area contributed by atoms with Gasteiger partial charge in [-0.15, -0.1) is 0 Å². The van der Waals surface area contributed by atoms with Crippen LogP contribution in [-0.2, 0) is 14.8 Å². The number of carbonyl (C=O) groups is 1. The van der Waals surface area contributed by atoms with Crippen LogP contribution in [0.5, 0.6) is 0 Å². The summed E-state index contributed by atoms with van der Waals surface area (Å²) in [5.41, 5.74) is 0.326. The Morgan fingerprint density at radius 3 is 2.60 bits per heavy atom. The van der Waals surface area contributed by atoms with E-state index in [-0.39, 0.29) is 23.6 Å². The van der Waals surface area contributed by atoms with Crippen molar-refractivity contribution in [3.63, 3.8) is 0 Å². The highest BCUT2D eigenvalue weighted by atomic mass is 32.2. The average molecular weight is 320 g/mol. The summed E-state index contributed by atoms with van der Waals surface area (Å²) in [6.45, 7) is 3.39. The summed E-state index contributed by atoms with van der Waals surface area (Å²) in [7, 11) is -3.74. The van der Waals surface area contributed by atoms with Crippen molar-refractivity contribution in [2.24, 2.45) is 5.92 Å². The fourth-order valence-corrected chi connectivity index (χ4v) is 5.54. The Hall–Kier alpha value is -1.19. The van der Waals surface area contributed by atoms with Gasteiger partial charge < -0.3 is 10.1 Å². The molecule has 0 saturated carbocycles. The van der Waals surface area contributed by atoms with Gasteiger partial charge >= 0.3 is 10.8 Å². The van der Waals surface area contributed by atoms with E-state index in [0.717, 1.165) is 0 Å². The maximum atomic E-state index is 12.5. The van der Waals surface area contributed by atoms with E-state index in [1.165, 1.54) is 4.31 Å². The molecule has 0 bridgehead atoms. The van der Waals surface area contributed by atoms with E-state index in [4.69, 9.17) is 5.11 Å². The smallest absolute Gasteiger partial charge is 0.306 e. The molecular formula is C11H16N2O5S2. The molecule has 2 rings (SSSR count). The highest BCUT2D eigenvalue weighted by Crippen LogP contribution is 2.30. The number of aromatic amines is 1. The first-order valence-electron chi connectivity index (χ1n) is 6.18. The van der Waals surface area contributed by atoms with Crippen molar-refractivity contribution in [1.82, 2.24) is 9.29 Å². The van der Waals surface area contributed by atoms with Gasteiger partial charge in [0.15, 0.2) is 4.21 Å². The number of piperidine rings is 1. The lowest BCUT2D eigenvalue weighted by molar-refractivity contribution is -0.143. The summed E-state index contributed by atoms with van der Waals surface area (Å²) in [6, 6.07) is -0.397. The molecule has 1 aliphatic rings. The van der Waals surface area contributed by atoms with Gasteiger partial charge in [0.05, 0.1) is 5.92 Å². The van der Waals surface area contributed by atoms with Crippen molar-refractivity contribution in [2.75, 3.05) is 6.54 Å². The van der Waals surface area contributed by atoms with Gasteiger partial charge in [-0.1, -0.05) is 11.3 Å². The Bertz CT molecular complexity index is 675. The summed E-state index contributed by atoms with van der Waals surface area (Å²) in [6.07, 6.45) is 0.574. The third kappa shape index (κ3) is 2.65. The Balaban J connectivity index is 2.30. The van der Waals surface area contributed by atoms with Crippen LogP contribution in [0, 0.1) is 12.8 Å². The van der Waals surface area contributed by atoms with Gasteiger partial charge in [0.25, 0.3) is 10.0 Å². The van der Waals surface area contributed by atoms with Gasteiger partial charge in [0.1, 0.15) is 0 Å². The zero-order valence-corrected chi connectivity index (χ0v) is 12.8. The van der Waals surface area contributed by atoms with Crippen LogP contribution in [0.25, 0.3) is 0 Å². The number of hydrogen-bond acceptors (Lipinski definition) is 5. The number of aryl methyl sites for hydroxylation is 1. The van der Waals surface area contributed by atoms with Crippen molar-refractivity contribution in [1.29, 1.82) is 0 Å². The Labute approximate surface area is 120 Å². The molecule has 1 aromatic rings. The molecule has 1 saturated heterocycles. The Kier molecular flexibility index (Phi) is 4.03. The number of rotatable bonds is 3. The third-order valence-corrected chi connectivity index (χ3v) is 7.08. The molecule has 2 unspecified atom stereocenters. The number of H-pyrrole nitrogens is 1. The molecule has 0 aliphatic carbocycles. The molecule has 9 heteroatoms. The number of carboxylic acid groups (broad SMARTS) is 1. The molecule has 7 nitrogen and oxygen atoms in total. The lowest BCUT2D eigenvalue weighted by Gasteiger charge is -2.34. The van der Waals surface area contributed by atoms with Crippen LogP contribution in [0.4, 0.5) is 0 Å². The first kappa shape index (κ1) is 15.2. The van der Waals surface area contributed by atoms with Crippen LogP contribution in [0.15, 0.2) is 9.00 Å². The second-order valence-electron chi connectivity index (χ2n) is 4.95. The summed E-state index contributed by atoms with van der Waals surface area (Å²) in [4.78, 5) is 24.3. The minimum absolute atomic E-state index is 0.0168. The second kappa shape index (κ2) is 5.30. The van der Waals surface area contributed by atoms with E-state index in [1.54, 1.807) is 13.8 Å². The molecule has 0 amide bonds. The topological polar surface area (TPSA) is 108 Å². The summed E-state index contributed by atoms with van der Waals surface area (Å²) in [5, 5.41) is 9.00. The van der Waals surface area contributed by atoms with E-state index in [1.807, 2.05) is 0 Å². The minimum atomic E-state index is -3.74. The minimum Gasteiger partial charge on any atom is -0.481 e. The van der Waals surface area contributed by atoms with Crippen molar-refractivity contribution in [2.45, 2.75) is 36.9 Å². The number of thiazole rings is 1. The van der Waals surface area contributed by atoms with Crippen LogP contribution < -0.4 is 4.87 Å². The van der Waals surface area contributed by atoms with Gasteiger partial charge in [-0.25, -0.2) is 8.42 Å². The molecule has 2 atom stereocenters. The normalized spacial score (nSPS) is 24.7. The van der Waals surface area contributed by atoms with Crippen molar-refractivity contribution < 1.29 is 18.3 Å². The predicted octanol–water partition coefficient (Wildman–Crippen LogP) is 0.619. The van der Waals surface area contributed by atoms with E-state index in [9.17, 15) is 18.0 Å².